The molecule has 0 saturated carbocycles. The Labute approximate surface area is 124 Å². The minimum atomic E-state index is -1.02. The molecule has 0 aromatic heterocycles. The van der Waals surface area contributed by atoms with E-state index in [1.165, 1.54) is 11.1 Å². The third-order valence-electron chi connectivity index (χ3n) is 4.14. The minimum absolute atomic E-state index is 0.505. The van der Waals surface area contributed by atoms with Gasteiger partial charge in [-0.05, 0) is 42.5 Å². The van der Waals surface area contributed by atoms with E-state index in [0.717, 1.165) is 24.2 Å². The van der Waals surface area contributed by atoms with Crippen molar-refractivity contribution in [2.45, 2.75) is 32.2 Å². The highest BCUT2D eigenvalue weighted by Crippen LogP contribution is 2.37. The van der Waals surface area contributed by atoms with Crippen LogP contribution in [-0.4, -0.2) is 12.0 Å². The van der Waals surface area contributed by atoms with Crippen LogP contribution in [0.3, 0.4) is 0 Å². The zero-order valence-corrected chi connectivity index (χ0v) is 12.1. The van der Waals surface area contributed by atoms with Gasteiger partial charge in [0.2, 0.25) is 0 Å². The van der Waals surface area contributed by atoms with E-state index in [9.17, 15) is 9.90 Å². The molecule has 0 saturated heterocycles. The van der Waals surface area contributed by atoms with Gasteiger partial charge in [0, 0.05) is 11.4 Å². The molecule has 1 aliphatic rings. The Hall–Kier alpha value is -2.29. The summed E-state index contributed by atoms with van der Waals surface area (Å²) in [4.78, 5) is 13.5. The first-order valence-electron chi connectivity index (χ1n) is 7.38. The van der Waals surface area contributed by atoms with E-state index in [4.69, 9.17) is 0 Å². The monoisotopic (exact) mass is 280 g/mol. The van der Waals surface area contributed by atoms with Gasteiger partial charge in [-0.15, -0.1) is 0 Å². The van der Waals surface area contributed by atoms with E-state index in [-0.39, 0.29) is 0 Å². The number of carbonyl (C=O) groups is 1. The van der Waals surface area contributed by atoms with Crippen molar-refractivity contribution in [3.05, 3.63) is 59.7 Å². The molecule has 1 heterocycles. The van der Waals surface area contributed by atoms with Crippen molar-refractivity contribution in [2.75, 3.05) is 4.90 Å². The first kappa shape index (κ1) is 13.7. The van der Waals surface area contributed by atoms with Crippen molar-refractivity contribution in [1.82, 2.24) is 0 Å². The number of aliphatic carboxylic acids is 1. The van der Waals surface area contributed by atoms with Crippen molar-refractivity contribution in [3.8, 4) is 0 Å². The number of benzene rings is 2. The highest BCUT2D eigenvalue weighted by Gasteiger charge is 2.26. The Morgan fingerprint density at radius 1 is 1.05 bits per heavy atom. The highest BCUT2D eigenvalue weighted by atomic mass is 16.4. The summed E-state index contributed by atoms with van der Waals surface area (Å²) in [5, 5.41) is 11.6. The van der Waals surface area contributed by atoms with Crippen LogP contribution in [0, 0.1) is 0 Å². The van der Waals surface area contributed by atoms with Gasteiger partial charge in [-0.25, -0.2) is 0 Å². The molecule has 3 nitrogen and oxygen atoms in total. The summed E-state index contributed by atoms with van der Waals surface area (Å²) in [5.74, 6) is -1.02. The van der Waals surface area contributed by atoms with Crippen molar-refractivity contribution in [1.29, 1.82) is 0 Å². The van der Waals surface area contributed by atoms with Crippen LogP contribution in [0.1, 0.15) is 24.5 Å². The molecule has 0 fully saturated rings. The lowest BCUT2D eigenvalue weighted by Crippen LogP contribution is -2.46. The molecule has 3 rings (SSSR count). The van der Waals surface area contributed by atoms with E-state index < -0.39 is 12.0 Å². The van der Waals surface area contributed by atoms with E-state index in [1.54, 1.807) is 0 Å². The molecule has 0 aliphatic carbocycles. The van der Waals surface area contributed by atoms with E-state index in [1.807, 2.05) is 48.2 Å². The van der Waals surface area contributed by atoms with Gasteiger partial charge in [0.05, 0.1) is 12.0 Å². The van der Waals surface area contributed by atoms with Crippen LogP contribution >= 0.6 is 0 Å². The molecule has 0 N–H and O–H groups in total. The molecular weight excluding hydrogens is 262 g/mol. The molecule has 0 bridgehead atoms. The first-order chi connectivity index (χ1) is 10.2. The number of carboxylic acid groups (broad SMARTS) is 1. The number of carboxylic acids is 1. The largest absolute Gasteiger partial charge is 0.548 e. The number of rotatable bonds is 3. The third-order valence-corrected chi connectivity index (χ3v) is 4.14. The zero-order valence-electron chi connectivity index (χ0n) is 12.1. The Morgan fingerprint density at radius 2 is 1.52 bits per heavy atom. The fourth-order valence-electron chi connectivity index (χ4n) is 3.10. The van der Waals surface area contributed by atoms with Gasteiger partial charge in [0.15, 0.2) is 0 Å². The number of hydrogen-bond donors (Lipinski definition) is 0. The molecule has 0 radical (unpaired) electrons. The molecule has 1 aliphatic heterocycles. The summed E-state index contributed by atoms with van der Waals surface area (Å²) in [6, 6.07) is 15.5. The SMILES string of the molecule is CC[C@@H](C(=O)[O-])N1c2ccccc2CCc2ccccc21. The predicted octanol–water partition coefficient (Wildman–Crippen LogP) is 2.45. The van der Waals surface area contributed by atoms with Crippen LogP contribution in [0.15, 0.2) is 48.5 Å². The number of aryl methyl sites for hydroxylation is 2. The van der Waals surface area contributed by atoms with Crippen LogP contribution in [-0.2, 0) is 17.6 Å². The summed E-state index contributed by atoms with van der Waals surface area (Å²) in [6.45, 7) is 1.89. The predicted molar refractivity (Wildman–Crippen MR) is 81.5 cm³/mol. The Morgan fingerprint density at radius 3 is 1.95 bits per heavy atom. The zero-order chi connectivity index (χ0) is 14.8. The van der Waals surface area contributed by atoms with Gasteiger partial charge >= 0.3 is 0 Å². The Bertz CT molecular complexity index is 618. The van der Waals surface area contributed by atoms with Crippen LogP contribution in [0.2, 0.25) is 0 Å². The minimum Gasteiger partial charge on any atom is -0.548 e. The van der Waals surface area contributed by atoms with Gasteiger partial charge in [-0.2, -0.15) is 0 Å². The summed E-state index contributed by atoms with van der Waals surface area (Å²) < 4.78 is 0. The molecule has 3 heteroatoms. The van der Waals surface area contributed by atoms with Crippen molar-refractivity contribution >= 4 is 17.3 Å². The van der Waals surface area contributed by atoms with Crippen LogP contribution in [0.25, 0.3) is 0 Å². The summed E-state index contributed by atoms with van der Waals surface area (Å²) in [6.07, 6.45) is 2.35. The molecule has 2 aromatic rings. The standard InChI is InChI=1S/C18H19NO2/c1-2-15(18(20)21)19-16-9-5-3-7-13(16)11-12-14-8-4-6-10-17(14)19/h3-10,15H,2,11-12H2,1H3,(H,20,21)/p-1/t15-/m0/s1. The molecule has 0 spiro atoms. The molecular formula is C18H18NO2-. The topological polar surface area (TPSA) is 43.4 Å². The van der Waals surface area contributed by atoms with Gasteiger partial charge in [-0.1, -0.05) is 43.3 Å². The maximum Gasteiger partial charge on any atom is 0.0733 e. The number of fused-ring (bicyclic) bond motifs is 2. The van der Waals surface area contributed by atoms with Gasteiger partial charge in [0.1, 0.15) is 0 Å². The van der Waals surface area contributed by atoms with Crippen molar-refractivity contribution in [2.24, 2.45) is 0 Å². The fourth-order valence-corrected chi connectivity index (χ4v) is 3.10. The Kier molecular flexibility index (Phi) is 3.65. The fraction of sp³-hybridized carbons (Fsp3) is 0.278. The normalized spacial score (nSPS) is 14.8. The molecule has 0 amide bonds. The molecule has 108 valence electrons. The van der Waals surface area contributed by atoms with Crippen molar-refractivity contribution < 1.29 is 9.90 Å². The first-order valence-corrected chi connectivity index (χ1v) is 7.38. The maximum absolute atomic E-state index is 11.6. The summed E-state index contributed by atoms with van der Waals surface area (Å²) in [5.41, 5.74) is 4.35. The van der Waals surface area contributed by atoms with Crippen molar-refractivity contribution in [3.63, 3.8) is 0 Å². The average Bonchev–Trinajstić information content (AvgIpc) is 2.66. The van der Waals surface area contributed by atoms with E-state index in [0.29, 0.717) is 6.42 Å². The summed E-state index contributed by atoms with van der Waals surface area (Å²) in [7, 11) is 0. The number of para-hydroxylation sites is 2. The van der Waals surface area contributed by atoms with Gasteiger partial charge in [-0.3, -0.25) is 0 Å². The highest BCUT2D eigenvalue weighted by molar-refractivity contribution is 5.83. The molecule has 21 heavy (non-hydrogen) atoms. The third kappa shape index (κ3) is 2.40. The lowest BCUT2D eigenvalue weighted by Gasteiger charge is -2.35. The molecule has 0 unspecified atom stereocenters. The van der Waals surface area contributed by atoms with Crippen LogP contribution < -0.4 is 10.0 Å². The number of carbonyl (C=O) groups excluding carboxylic acids is 1. The smallest absolute Gasteiger partial charge is 0.0733 e. The number of anilines is 2. The second kappa shape index (κ2) is 5.60. The van der Waals surface area contributed by atoms with Crippen LogP contribution in [0.4, 0.5) is 11.4 Å². The molecule has 1 atom stereocenters. The average molecular weight is 280 g/mol. The maximum atomic E-state index is 11.6. The second-order valence-electron chi connectivity index (χ2n) is 5.37. The number of hydrogen-bond acceptors (Lipinski definition) is 3. The lowest BCUT2D eigenvalue weighted by molar-refractivity contribution is -0.307. The van der Waals surface area contributed by atoms with Gasteiger partial charge in [0.25, 0.3) is 0 Å². The Balaban J connectivity index is 2.22. The van der Waals surface area contributed by atoms with Gasteiger partial charge < -0.3 is 14.8 Å². The second-order valence-corrected chi connectivity index (χ2v) is 5.37. The van der Waals surface area contributed by atoms with E-state index >= 15 is 0 Å². The molecule has 2 aromatic carbocycles. The van der Waals surface area contributed by atoms with E-state index in [2.05, 4.69) is 12.1 Å². The summed E-state index contributed by atoms with van der Waals surface area (Å²) >= 11 is 0. The lowest BCUT2D eigenvalue weighted by atomic mass is 10.0. The van der Waals surface area contributed by atoms with Crippen LogP contribution in [0.5, 0.6) is 0 Å². The number of nitrogens with zero attached hydrogens (tertiary/aromatic N) is 1. The quantitative estimate of drug-likeness (QED) is 0.867.